The smallest absolute Gasteiger partial charge is 0.335 e. The van der Waals surface area contributed by atoms with E-state index in [-0.39, 0.29) is 10.5 Å². The molecule has 0 saturated carbocycles. The highest BCUT2D eigenvalue weighted by Gasteiger charge is 2.34. The number of hydrazone groups is 1. The zero-order valence-electron chi connectivity index (χ0n) is 14.6. The number of carboxylic acid groups (broad SMARTS) is 1. The SMILES string of the molecule is CC1=NN(c2ccc(S(N)(=O)=O)cc2)C(=O)C1N=Nc1ccc(C(=O)O)cc1. The summed E-state index contributed by atoms with van der Waals surface area (Å²) in [5.74, 6) is -1.51. The van der Waals surface area contributed by atoms with Gasteiger partial charge in [-0.2, -0.15) is 20.3 Å². The number of carbonyl (C=O) groups is 2. The Bertz CT molecular complexity index is 1090. The fourth-order valence-corrected chi connectivity index (χ4v) is 2.96. The molecule has 0 aliphatic carbocycles. The number of aromatic carboxylic acids is 1. The van der Waals surface area contributed by atoms with Gasteiger partial charge in [0.1, 0.15) is 0 Å². The molecule has 1 aliphatic heterocycles. The third kappa shape index (κ3) is 3.94. The minimum Gasteiger partial charge on any atom is -0.478 e. The molecule has 1 heterocycles. The van der Waals surface area contributed by atoms with Crippen LogP contribution in [0, 0.1) is 0 Å². The lowest BCUT2D eigenvalue weighted by atomic mass is 10.2. The lowest BCUT2D eigenvalue weighted by Crippen LogP contribution is -2.29. The summed E-state index contributed by atoms with van der Waals surface area (Å²) < 4.78 is 22.6. The molecule has 1 amide bonds. The molecule has 28 heavy (non-hydrogen) atoms. The van der Waals surface area contributed by atoms with E-state index in [1.54, 1.807) is 6.92 Å². The molecule has 10 nitrogen and oxygen atoms in total. The van der Waals surface area contributed by atoms with Crippen molar-refractivity contribution in [3.63, 3.8) is 0 Å². The van der Waals surface area contributed by atoms with E-state index in [4.69, 9.17) is 10.2 Å². The molecular weight excluding hydrogens is 386 g/mol. The Morgan fingerprint density at radius 3 is 2.29 bits per heavy atom. The van der Waals surface area contributed by atoms with E-state index in [1.165, 1.54) is 48.5 Å². The maximum Gasteiger partial charge on any atom is 0.335 e. The normalized spacial score (nSPS) is 17.2. The number of nitrogens with zero attached hydrogens (tertiary/aromatic N) is 4. The van der Waals surface area contributed by atoms with Gasteiger partial charge in [-0.25, -0.2) is 18.4 Å². The third-order valence-corrected chi connectivity index (χ3v) is 4.84. The summed E-state index contributed by atoms with van der Waals surface area (Å²) in [5, 5.41) is 27.2. The number of carboxylic acids is 1. The maximum atomic E-state index is 12.6. The van der Waals surface area contributed by atoms with Gasteiger partial charge in [-0.05, 0) is 55.5 Å². The van der Waals surface area contributed by atoms with Crippen molar-refractivity contribution in [3.05, 3.63) is 54.1 Å². The molecule has 0 spiro atoms. The molecule has 1 unspecified atom stereocenters. The zero-order valence-corrected chi connectivity index (χ0v) is 15.4. The lowest BCUT2D eigenvalue weighted by Gasteiger charge is -2.12. The van der Waals surface area contributed by atoms with Crippen molar-refractivity contribution in [3.8, 4) is 0 Å². The standard InChI is InChI=1S/C17H15N5O5S/c1-10-15(20-19-12-4-2-11(3-5-12)17(24)25)16(23)22(21-10)13-6-8-14(9-7-13)28(18,26)27/h2-9,15H,1H3,(H,24,25)(H2,18,26,27). The molecule has 1 atom stereocenters. The van der Waals surface area contributed by atoms with Crippen molar-refractivity contribution in [2.24, 2.45) is 20.5 Å². The Kier molecular flexibility index (Phi) is 5.03. The molecular formula is C17H15N5O5S. The number of hydrogen-bond donors (Lipinski definition) is 2. The molecule has 0 aromatic heterocycles. The van der Waals surface area contributed by atoms with E-state index in [0.29, 0.717) is 17.1 Å². The quantitative estimate of drug-likeness (QED) is 0.732. The molecule has 2 aromatic rings. The van der Waals surface area contributed by atoms with Crippen LogP contribution in [0.3, 0.4) is 0 Å². The highest BCUT2D eigenvalue weighted by Crippen LogP contribution is 2.24. The van der Waals surface area contributed by atoms with Gasteiger partial charge in [-0.1, -0.05) is 0 Å². The van der Waals surface area contributed by atoms with Crippen LogP contribution < -0.4 is 10.1 Å². The van der Waals surface area contributed by atoms with E-state index in [9.17, 15) is 18.0 Å². The second-order valence-electron chi connectivity index (χ2n) is 5.90. The Hall–Kier alpha value is -3.44. The number of nitrogens with two attached hydrogens (primary N) is 1. The van der Waals surface area contributed by atoms with Crippen LogP contribution in [0.15, 0.2) is 68.8 Å². The van der Waals surface area contributed by atoms with Crippen molar-refractivity contribution in [1.29, 1.82) is 0 Å². The van der Waals surface area contributed by atoms with Crippen molar-refractivity contribution >= 4 is 39.0 Å². The number of amides is 1. The van der Waals surface area contributed by atoms with Gasteiger partial charge in [0.05, 0.1) is 27.5 Å². The number of primary sulfonamides is 1. The van der Waals surface area contributed by atoms with Crippen LogP contribution in [-0.2, 0) is 14.8 Å². The molecule has 0 radical (unpaired) electrons. The Labute approximate surface area is 160 Å². The first-order chi connectivity index (χ1) is 13.2. The topological polar surface area (TPSA) is 155 Å². The van der Waals surface area contributed by atoms with E-state index in [2.05, 4.69) is 15.3 Å². The van der Waals surface area contributed by atoms with Crippen LogP contribution in [0.4, 0.5) is 11.4 Å². The van der Waals surface area contributed by atoms with Gasteiger partial charge in [0.2, 0.25) is 10.0 Å². The van der Waals surface area contributed by atoms with Gasteiger partial charge in [0.15, 0.2) is 6.04 Å². The monoisotopic (exact) mass is 401 g/mol. The van der Waals surface area contributed by atoms with Gasteiger partial charge in [0, 0.05) is 0 Å². The average Bonchev–Trinajstić information content (AvgIpc) is 2.93. The van der Waals surface area contributed by atoms with Crippen molar-refractivity contribution in [2.45, 2.75) is 17.9 Å². The van der Waals surface area contributed by atoms with E-state index >= 15 is 0 Å². The van der Waals surface area contributed by atoms with Crippen molar-refractivity contribution in [2.75, 3.05) is 5.01 Å². The number of hydrogen-bond acceptors (Lipinski definition) is 7. The summed E-state index contributed by atoms with van der Waals surface area (Å²) in [5.41, 5.74) is 1.27. The summed E-state index contributed by atoms with van der Waals surface area (Å²) in [7, 11) is -3.84. The number of azo groups is 1. The maximum absolute atomic E-state index is 12.6. The molecule has 0 saturated heterocycles. The van der Waals surface area contributed by atoms with Crippen LogP contribution in [-0.4, -0.2) is 37.2 Å². The second-order valence-corrected chi connectivity index (χ2v) is 7.46. The number of rotatable bonds is 5. The first-order valence-corrected chi connectivity index (χ1v) is 9.47. The minimum absolute atomic E-state index is 0.0790. The number of sulfonamides is 1. The highest BCUT2D eigenvalue weighted by molar-refractivity contribution is 7.89. The first kappa shape index (κ1) is 19.3. The summed E-state index contributed by atoms with van der Waals surface area (Å²) in [4.78, 5) is 23.4. The second kappa shape index (κ2) is 7.29. The van der Waals surface area contributed by atoms with Crippen molar-refractivity contribution in [1.82, 2.24) is 0 Å². The highest BCUT2D eigenvalue weighted by atomic mass is 32.2. The van der Waals surface area contributed by atoms with Gasteiger partial charge >= 0.3 is 5.97 Å². The van der Waals surface area contributed by atoms with Crippen LogP contribution >= 0.6 is 0 Å². The van der Waals surface area contributed by atoms with Gasteiger partial charge in [0.25, 0.3) is 5.91 Å². The first-order valence-electron chi connectivity index (χ1n) is 7.93. The summed E-state index contributed by atoms with van der Waals surface area (Å²) in [6.07, 6.45) is 0. The lowest BCUT2D eigenvalue weighted by molar-refractivity contribution is -0.117. The van der Waals surface area contributed by atoms with Crippen LogP contribution in [0.1, 0.15) is 17.3 Å². The average molecular weight is 401 g/mol. The van der Waals surface area contributed by atoms with Gasteiger partial charge < -0.3 is 5.11 Å². The Balaban J connectivity index is 1.78. The fourth-order valence-electron chi connectivity index (χ4n) is 2.45. The molecule has 144 valence electrons. The molecule has 1 aliphatic rings. The molecule has 3 N–H and O–H groups in total. The van der Waals surface area contributed by atoms with E-state index < -0.39 is 27.9 Å². The van der Waals surface area contributed by atoms with Gasteiger partial charge in [-0.3, -0.25) is 4.79 Å². The number of benzene rings is 2. The minimum atomic E-state index is -3.84. The molecule has 2 aromatic carbocycles. The largest absolute Gasteiger partial charge is 0.478 e. The van der Waals surface area contributed by atoms with Crippen molar-refractivity contribution < 1.29 is 23.1 Å². The Morgan fingerprint density at radius 2 is 1.75 bits per heavy atom. The van der Waals surface area contributed by atoms with E-state index in [1.807, 2.05) is 0 Å². The number of anilines is 1. The molecule has 11 heteroatoms. The Morgan fingerprint density at radius 1 is 1.14 bits per heavy atom. The molecule has 3 rings (SSSR count). The predicted octanol–water partition coefficient (Wildman–Crippen LogP) is 1.91. The zero-order chi connectivity index (χ0) is 20.5. The summed E-state index contributed by atoms with van der Waals surface area (Å²) in [6.45, 7) is 1.62. The third-order valence-electron chi connectivity index (χ3n) is 3.91. The van der Waals surface area contributed by atoms with Gasteiger partial charge in [-0.15, -0.1) is 0 Å². The predicted molar refractivity (Wildman–Crippen MR) is 100 cm³/mol. The summed E-state index contributed by atoms with van der Waals surface area (Å²) >= 11 is 0. The molecule has 0 fully saturated rings. The van der Waals surface area contributed by atoms with Crippen LogP contribution in [0.25, 0.3) is 0 Å². The fraction of sp³-hybridized carbons (Fsp3) is 0.118. The summed E-state index contributed by atoms with van der Waals surface area (Å²) in [6, 6.07) is 10.2. The van der Waals surface area contributed by atoms with Crippen LogP contribution in [0.2, 0.25) is 0 Å². The molecule has 0 bridgehead atoms. The van der Waals surface area contributed by atoms with E-state index in [0.717, 1.165) is 5.01 Å². The number of carbonyl (C=O) groups excluding carboxylic acids is 1. The van der Waals surface area contributed by atoms with Crippen LogP contribution in [0.5, 0.6) is 0 Å².